The molecule has 0 bridgehead atoms. The van der Waals surface area contributed by atoms with Crippen molar-refractivity contribution in [2.45, 2.75) is 25.9 Å². The third-order valence-electron chi connectivity index (χ3n) is 4.23. The number of hydrazine groups is 1. The summed E-state index contributed by atoms with van der Waals surface area (Å²) in [5.74, 6) is 4.42. The van der Waals surface area contributed by atoms with Gasteiger partial charge in [0.1, 0.15) is 5.82 Å². The van der Waals surface area contributed by atoms with E-state index in [4.69, 9.17) is 5.84 Å². The number of halogens is 1. The molecule has 1 aliphatic heterocycles. The van der Waals surface area contributed by atoms with Crippen LogP contribution in [0.25, 0.3) is 0 Å². The Bertz CT molecular complexity index is 532. The van der Waals surface area contributed by atoms with Crippen LogP contribution in [0.1, 0.15) is 29.8 Å². The molecule has 0 radical (unpaired) electrons. The van der Waals surface area contributed by atoms with E-state index in [1.165, 1.54) is 12.1 Å². The largest absolute Gasteiger partial charge is 0.299 e. The fraction of sp³-hybridized carbons (Fsp3) is 0.533. The lowest BCUT2D eigenvalue weighted by molar-refractivity contribution is 0.0355. The Morgan fingerprint density at radius 2 is 2.14 bits per heavy atom. The van der Waals surface area contributed by atoms with E-state index in [0.717, 1.165) is 19.6 Å². The maximum Gasteiger partial charge on any atom is 0.265 e. The molecule has 1 amide bonds. The number of likely N-dealkylation sites (N-methyl/N-ethyl adjacent to an activating group) is 1. The Balaban J connectivity index is 2.14. The number of nitrogens with two attached hydrogens (primary N) is 1. The van der Waals surface area contributed by atoms with Gasteiger partial charge in [-0.1, -0.05) is 0 Å². The molecule has 0 aromatic heterocycles. The third-order valence-corrected chi connectivity index (χ3v) is 4.23. The third kappa shape index (κ3) is 3.58. The lowest BCUT2D eigenvalue weighted by Gasteiger charge is -2.45. The molecule has 3 N–H and O–H groups in total. The van der Waals surface area contributed by atoms with Crippen LogP contribution in [0.2, 0.25) is 0 Å². The Morgan fingerprint density at radius 1 is 1.43 bits per heavy atom. The first kappa shape index (κ1) is 15.9. The summed E-state index contributed by atoms with van der Waals surface area (Å²) >= 11 is 0. The molecule has 1 fully saturated rings. The summed E-state index contributed by atoms with van der Waals surface area (Å²) in [5, 5.41) is 0. The van der Waals surface area contributed by atoms with Gasteiger partial charge in [-0.25, -0.2) is 10.2 Å². The Morgan fingerprint density at radius 3 is 2.76 bits per heavy atom. The van der Waals surface area contributed by atoms with E-state index in [-0.39, 0.29) is 11.4 Å². The molecule has 0 saturated carbocycles. The van der Waals surface area contributed by atoms with Gasteiger partial charge in [-0.2, -0.15) is 0 Å². The second-order valence-corrected chi connectivity index (χ2v) is 6.22. The molecule has 0 spiro atoms. The molecule has 1 aromatic rings. The van der Waals surface area contributed by atoms with Crippen LogP contribution in [-0.4, -0.2) is 47.9 Å². The molecule has 0 atom stereocenters. The Labute approximate surface area is 124 Å². The van der Waals surface area contributed by atoms with Gasteiger partial charge in [0, 0.05) is 42.8 Å². The maximum absolute atomic E-state index is 14.0. The van der Waals surface area contributed by atoms with Crippen molar-refractivity contribution in [3.05, 3.63) is 35.1 Å². The lowest BCUT2D eigenvalue weighted by atomic mass is 9.99. The second-order valence-electron chi connectivity index (χ2n) is 6.22. The van der Waals surface area contributed by atoms with Gasteiger partial charge in [-0.05, 0) is 39.1 Å². The van der Waals surface area contributed by atoms with Crippen molar-refractivity contribution in [1.29, 1.82) is 0 Å². The van der Waals surface area contributed by atoms with Crippen LogP contribution in [-0.2, 0) is 6.54 Å². The number of carbonyl (C=O) groups excluding carboxylic acids is 1. The van der Waals surface area contributed by atoms with Crippen LogP contribution in [0.5, 0.6) is 0 Å². The normalized spacial score (nSPS) is 19.5. The Hall–Kier alpha value is -1.50. The van der Waals surface area contributed by atoms with Crippen molar-refractivity contribution in [1.82, 2.24) is 15.2 Å². The average Bonchev–Trinajstić information content (AvgIpc) is 2.44. The molecular formula is C15H23FN4O. The molecule has 1 heterocycles. The molecule has 1 aliphatic rings. The number of amides is 1. The van der Waals surface area contributed by atoms with E-state index in [9.17, 15) is 9.18 Å². The van der Waals surface area contributed by atoms with E-state index < -0.39 is 5.91 Å². The zero-order valence-electron chi connectivity index (χ0n) is 12.8. The van der Waals surface area contributed by atoms with E-state index in [2.05, 4.69) is 36.1 Å². The van der Waals surface area contributed by atoms with Gasteiger partial charge in [0.05, 0.1) is 0 Å². The molecule has 1 aromatic carbocycles. The number of nitrogens with zero attached hydrogens (tertiary/aromatic N) is 2. The van der Waals surface area contributed by atoms with Crippen molar-refractivity contribution in [3.8, 4) is 0 Å². The first-order chi connectivity index (χ1) is 9.83. The van der Waals surface area contributed by atoms with Crippen LogP contribution in [0, 0.1) is 5.82 Å². The molecular weight excluding hydrogens is 271 g/mol. The van der Waals surface area contributed by atoms with Gasteiger partial charge in [-0.3, -0.25) is 20.0 Å². The first-order valence-corrected chi connectivity index (χ1v) is 7.06. The first-order valence-electron chi connectivity index (χ1n) is 7.06. The molecule has 116 valence electrons. The van der Waals surface area contributed by atoms with Crippen LogP contribution in [0.3, 0.4) is 0 Å². The predicted molar refractivity (Wildman–Crippen MR) is 80.0 cm³/mol. The van der Waals surface area contributed by atoms with Crippen molar-refractivity contribution >= 4 is 5.91 Å². The van der Waals surface area contributed by atoms with Gasteiger partial charge in [0.2, 0.25) is 0 Å². The molecule has 21 heavy (non-hydrogen) atoms. The van der Waals surface area contributed by atoms with Crippen molar-refractivity contribution in [2.75, 3.05) is 26.7 Å². The summed E-state index contributed by atoms with van der Waals surface area (Å²) in [6.07, 6.45) is 0. The molecule has 0 aliphatic carbocycles. The van der Waals surface area contributed by atoms with Gasteiger partial charge in [0.25, 0.3) is 5.91 Å². The topological polar surface area (TPSA) is 61.6 Å². The Kier molecular flexibility index (Phi) is 4.61. The minimum atomic E-state index is -0.407. The maximum atomic E-state index is 14.0. The summed E-state index contributed by atoms with van der Waals surface area (Å²) in [6, 6.07) is 4.33. The van der Waals surface area contributed by atoms with Crippen LogP contribution < -0.4 is 11.3 Å². The highest BCUT2D eigenvalue weighted by Gasteiger charge is 2.31. The van der Waals surface area contributed by atoms with Crippen LogP contribution in [0.4, 0.5) is 4.39 Å². The smallest absolute Gasteiger partial charge is 0.265 e. The van der Waals surface area contributed by atoms with Crippen LogP contribution >= 0.6 is 0 Å². The van der Waals surface area contributed by atoms with Gasteiger partial charge in [0.15, 0.2) is 0 Å². The summed E-state index contributed by atoms with van der Waals surface area (Å²) in [5.41, 5.74) is 3.03. The number of carbonyl (C=O) groups is 1. The van der Waals surface area contributed by atoms with Gasteiger partial charge < -0.3 is 0 Å². The van der Waals surface area contributed by atoms with E-state index in [0.29, 0.717) is 17.7 Å². The van der Waals surface area contributed by atoms with Gasteiger partial charge >= 0.3 is 0 Å². The standard InChI is InChI=1S/C15H23FN4O/c1-15(2)10-20(7-6-19(15)3)9-12-8-11(14(21)18-17)4-5-13(12)16/h4-5,8H,6-7,9-10,17H2,1-3H3,(H,18,21). The van der Waals surface area contributed by atoms with E-state index >= 15 is 0 Å². The minimum absolute atomic E-state index is 0.0565. The monoisotopic (exact) mass is 294 g/mol. The number of nitrogens with one attached hydrogen (secondary N) is 1. The highest BCUT2D eigenvalue weighted by molar-refractivity contribution is 5.93. The van der Waals surface area contributed by atoms with E-state index in [1.807, 2.05) is 0 Å². The average molecular weight is 294 g/mol. The number of hydrogen-bond acceptors (Lipinski definition) is 4. The van der Waals surface area contributed by atoms with Crippen molar-refractivity contribution < 1.29 is 9.18 Å². The van der Waals surface area contributed by atoms with Crippen molar-refractivity contribution in [3.63, 3.8) is 0 Å². The number of rotatable bonds is 3. The highest BCUT2D eigenvalue weighted by Crippen LogP contribution is 2.21. The minimum Gasteiger partial charge on any atom is -0.299 e. The highest BCUT2D eigenvalue weighted by atomic mass is 19.1. The number of hydrogen-bond donors (Lipinski definition) is 2. The summed E-state index contributed by atoms with van der Waals surface area (Å²) in [7, 11) is 2.10. The molecule has 2 rings (SSSR count). The fourth-order valence-electron chi connectivity index (χ4n) is 2.64. The molecule has 1 saturated heterocycles. The van der Waals surface area contributed by atoms with Crippen molar-refractivity contribution in [2.24, 2.45) is 5.84 Å². The number of piperazine rings is 1. The predicted octanol–water partition coefficient (Wildman–Crippen LogP) is 0.955. The van der Waals surface area contributed by atoms with Gasteiger partial charge in [-0.15, -0.1) is 0 Å². The molecule has 6 heteroatoms. The number of benzene rings is 1. The second kappa shape index (κ2) is 6.09. The quantitative estimate of drug-likeness (QED) is 0.495. The number of nitrogen functional groups attached to an aromatic ring is 1. The summed E-state index contributed by atoms with van der Waals surface area (Å²) in [6.45, 7) is 7.52. The summed E-state index contributed by atoms with van der Waals surface area (Å²) in [4.78, 5) is 16.1. The summed E-state index contributed by atoms with van der Waals surface area (Å²) < 4.78 is 14.0. The molecule has 0 unspecified atom stereocenters. The van der Waals surface area contributed by atoms with E-state index in [1.54, 1.807) is 6.07 Å². The fourth-order valence-corrected chi connectivity index (χ4v) is 2.64. The zero-order valence-corrected chi connectivity index (χ0v) is 12.8. The SMILES string of the molecule is CN1CCN(Cc2cc(C(=O)NN)ccc2F)CC1(C)C. The zero-order chi connectivity index (χ0) is 15.6. The lowest BCUT2D eigenvalue weighted by Crippen LogP contribution is -2.57. The molecule has 5 nitrogen and oxygen atoms in total. The van der Waals surface area contributed by atoms with Crippen LogP contribution in [0.15, 0.2) is 18.2 Å².